The van der Waals surface area contributed by atoms with E-state index in [4.69, 9.17) is 9.47 Å². The zero-order chi connectivity index (χ0) is 23.3. The Labute approximate surface area is 198 Å². The molecule has 0 heterocycles. The second-order valence-electron chi connectivity index (χ2n) is 8.23. The number of unbranched alkanes of at least 4 members (excludes halogenated alkanes) is 4. The molecule has 3 aromatic carbocycles. The highest BCUT2D eigenvalue weighted by Gasteiger charge is 2.09. The molecule has 0 amide bonds. The summed E-state index contributed by atoms with van der Waals surface area (Å²) in [6, 6.07) is 23.4. The number of esters is 1. The summed E-state index contributed by atoms with van der Waals surface area (Å²) >= 11 is 0. The zero-order valence-corrected chi connectivity index (χ0v) is 19.6. The number of carbonyl (C=O) groups excluding carboxylic acids is 1. The van der Waals surface area contributed by atoms with Gasteiger partial charge >= 0.3 is 5.97 Å². The van der Waals surface area contributed by atoms with Gasteiger partial charge in [0.1, 0.15) is 11.5 Å². The molecule has 33 heavy (non-hydrogen) atoms. The minimum atomic E-state index is -0.372. The van der Waals surface area contributed by atoms with Gasteiger partial charge in [0.05, 0.1) is 12.2 Å². The first kappa shape index (κ1) is 24.3. The van der Waals surface area contributed by atoms with Gasteiger partial charge in [-0.2, -0.15) is 0 Å². The van der Waals surface area contributed by atoms with Crippen LogP contribution in [0.3, 0.4) is 0 Å². The monoisotopic (exact) mass is 442 g/mol. The highest BCUT2D eigenvalue weighted by Crippen LogP contribution is 2.23. The van der Waals surface area contributed by atoms with Gasteiger partial charge in [-0.25, -0.2) is 4.79 Å². The maximum atomic E-state index is 12.5. The maximum Gasteiger partial charge on any atom is 0.343 e. The van der Waals surface area contributed by atoms with Crippen molar-refractivity contribution >= 4 is 5.97 Å². The van der Waals surface area contributed by atoms with E-state index >= 15 is 0 Å². The van der Waals surface area contributed by atoms with Crippen LogP contribution in [0.4, 0.5) is 0 Å². The van der Waals surface area contributed by atoms with Crippen molar-refractivity contribution < 1.29 is 14.3 Å². The van der Waals surface area contributed by atoms with E-state index in [1.807, 2.05) is 42.5 Å². The van der Waals surface area contributed by atoms with Crippen molar-refractivity contribution in [2.75, 3.05) is 6.61 Å². The Hall–Kier alpha value is -3.33. The topological polar surface area (TPSA) is 35.5 Å². The summed E-state index contributed by atoms with van der Waals surface area (Å²) in [6.07, 6.45) is 9.99. The predicted octanol–water partition coefficient (Wildman–Crippen LogP) is 8.04. The van der Waals surface area contributed by atoms with Crippen LogP contribution in [0.15, 0.2) is 85.5 Å². The van der Waals surface area contributed by atoms with E-state index in [2.05, 4.69) is 37.8 Å². The molecule has 0 atom stereocenters. The van der Waals surface area contributed by atoms with E-state index in [0.717, 1.165) is 36.1 Å². The largest absolute Gasteiger partial charge is 0.494 e. The molecule has 0 radical (unpaired) electrons. The predicted molar refractivity (Wildman–Crippen MR) is 136 cm³/mol. The van der Waals surface area contributed by atoms with Crippen LogP contribution in [0.5, 0.6) is 11.5 Å². The molecule has 0 N–H and O–H groups in total. The van der Waals surface area contributed by atoms with Gasteiger partial charge in [0.15, 0.2) is 0 Å². The van der Waals surface area contributed by atoms with Gasteiger partial charge in [-0.3, -0.25) is 0 Å². The molecule has 0 spiro atoms. The zero-order valence-electron chi connectivity index (χ0n) is 19.6. The molecule has 0 aromatic heterocycles. The standard InChI is InChI=1S/C30H34O3/c1-3-5-7-8-10-24-11-13-25(14-12-24)26-15-17-27(18-16-26)30(31)33-29-21-19-28(20-22-29)32-23-9-6-4-2/h4,11-22H,2-3,5-10,23H2,1H3. The average Bonchev–Trinajstić information content (AvgIpc) is 2.86. The molecule has 3 aromatic rings. The first-order valence-corrected chi connectivity index (χ1v) is 11.9. The quantitative estimate of drug-likeness (QED) is 0.116. The molecule has 172 valence electrons. The summed E-state index contributed by atoms with van der Waals surface area (Å²) < 4.78 is 11.2. The average molecular weight is 443 g/mol. The Morgan fingerprint density at radius 2 is 1.42 bits per heavy atom. The van der Waals surface area contributed by atoms with Crippen LogP contribution >= 0.6 is 0 Å². The van der Waals surface area contributed by atoms with Crippen LogP contribution in [-0.4, -0.2) is 12.6 Å². The van der Waals surface area contributed by atoms with Crippen LogP contribution < -0.4 is 9.47 Å². The lowest BCUT2D eigenvalue weighted by molar-refractivity contribution is 0.0734. The number of benzene rings is 3. The smallest absolute Gasteiger partial charge is 0.343 e. The minimum absolute atomic E-state index is 0.372. The van der Waals surface area contributed by atoms with E-state index in [9.17, 15) is 4.79 Å². The first-order chi connectivity index (χ1) is 16.2. The van der Waals surface area contributed by atoms with E-state index in [1.165, 1.54) is 31.2 Å². The number of hydrogen-bond acceptors (Lipinski definition) is 3. The van der Waals surface area contributed by atoms with E-state index in [-0.39, 0.29) is 5.97 Å². The Kier molecular flexibility index (Phi) is 9.78. The number of allylic oxidation sites excluding steroid dienone is 1. The maximum absolute atomic E-state index is 12.5. The van der Waals surface area contributed by atoms with E-state index in [1.54, 1.807) is 12.1 Å². The molecule has 0 unspecified atom stereocenters. The number of ether oxygens (including phenoxy) is 2. The fourth-order valence-electron chi connectivity index (χ4n) is 3.61. The number of aryl methyl sites for hydroxylation is 1. The van der Waals surface area contributed by atoms with Crippen molar-refractivity contribution in [2.45, 2.75) is 51.9 Å². The van der Waals surface area contributed by atoms with Crippen molar-refractivity contribution in [3.05, 3.63) is 96.6 Å². The fourth-order valence-corrected chi connectivity index (χ4v) is 3.61. The summed E-state index contributed by atoms with van der Waals surface area (Å²) in [6.45, 7) is 6.58. The lowest BCUT2D eigenvalue weighted by Gasteiger charge is -2.08. The van der Waals surface area contributed by atoms with Gasteiger partial charge in [-0.1, -0.05) is 68.7 Å². The molecule has 3 heteroatoms. The van der Waals surface area contributed by atoms with Gasteiger partial charge in [0.2, 0.25) is 0 Å². The van der Waals surface area contributed by atoms with Crippen molar-refractivity contribution in [2.24, 2.45) is 0 Å². The minimum Gasteiger partial charge on any atom is -0.494 e. The molecular formula is C30H34O3. The highest BCUT2D eigenvalue weighted by molar-refractivity contribution is 5.91. The molecule has 0 saturated heterocycles. The number of hydrogen-bond donors (Lipinski definition) is 0. The molecule has 0 fully saturated rings. The van der Waals surface area contributed by atoms with Gasteiger partial charge in [0.25, 0.3) is 0 Å². The van der Waals surface area contributed by atoms with Crippen molar-refractivity contribution in [3.8, 4) is 22.6 Å². The second-order valence-corrected chi connectivity index (χ2v) is 8.23. The first-order valence-electron chi connectivity index (χ1n) is 11.9. The third-order valence-corrected chi connectivity index (χ3v) is 5.58. The Morgan fingerprint density at radius 1 is 0.788 bits per heavy atom. The van der Waals surface area contributed by atoms with Crippen LogP contribution in [-0.2, 0) is 6.42 Å². The molecule has 0 aliphatic heterocycles. The fraction of sp³-hybridized carbons (Fsp3) is 0.300. The van der Waals surface area contributed by atoms with E-state index in [0.29, 0.717) is 17.9 Å². The van der Waals surface area contributed by atoms with Crippen LogP contribution in [0, 0.1) is 0 Å². The van der Waals surface area contributed by atoms with Gasteiger partial charge in [-0.15, -0.1) is 6.58 Å². The number of carbonyl (C=O) groups is 1. The Bertz CT molecular complexity index is 986. The van der Waals surface area contributed by atoms with Gasteiger partial charge < -0.3 is 9.47 Å². The number of rotatable bonds is 13. The molecule has 3 nitrogen and oxygen atoms in total. The second kappa shape index (κ2) is 13.3. The molecular weight excluding hydrogens is 408 g/mol. The SMILES string of the molecule is C=CCCCOc1ccc(OC(=O)c2ccc(-c3ccc(CCCCCC)cc3)cc2)cc1. The third kappa shape index (κ3) is 7.94. The lowest BCUT2D eigenvalue weighted by Crippen LogP contribution is -2.08. The van der Waals surface area contributed by atoms with Crippen molar-refractivity contribution in [1.82, 2.24) is 0 Å². The van der Waals surface area contributed by atoms with Crippen LogP contribution in [0.25, 0.3) is 11.1 Å². The summed E-state index contributed by atoms with van der Waals surface area (Å²) in [5, 5.41) is 0. The summed E-state index contributed by atoms with van der Waals surface area (Å²) in [7, 11) is 0. The Morgan fingerprint density at radius 3 is 2.06 bits per heavy atom. The summed E-state index contributed by atoms with van der Waals surface area (Å²) in [5.41, 5.74) is 4.14. The van der Waals surface area contributed by atoms with Crippen LogP contribution in [0.1, 0.15) is 61.4 Å². The lowest BCUT2D eigenvalue weighted by atomic mass is 10.0. The summed E-state index contributed by atoms with van der Waals surface area (Å²) in [4.78, 5) is 12.5. The normalized spacial score (nSPS) is 10.6. The summed E-state index contributed by atoms with van der Waals surface area (Å²) in [5.74, 6) is 0.885. The molecule has 0 saturated carbocycles. The van der Waals surface area contributed by atoms with Crippen molar-refractivity contribution in [3.63, 3.8) is 0 Å². The van der Waals surface area contributed by atoms with Gasteiger partial charge in [0, 0.05) is 0 Å². The third-order valence-electron chi connectivity index (χ3n) is 5.58. The molecule has 0 aliphatic carbocycles. The molecule has 0 aliphatic rings. The molecule has 3 rings (SSSR count). The van der Waals surface area contributed by atoms with Crippen molar-refractivity contribution in [1.29, 1.82) is 0 Å². The van der Waals surface area contributed by atoms with E-state index < -0.39 is 0 Å². The Balaban J connectivity index is 1.52. The molecule has 0 bridgehead atoms. The highest BCUT2D eigenvalue weighted by atomic mass is 16.5. The van der Waals surface area contributed by atoms with Crippen LogP contribution in [0.2, 0.25) is 0 Å². The van der Waals surface area contributed by atoms with Gasteiger partial charge in [-0.05, 0) is 78.8 Å².